The molecule has 1 amide bonds. The largest absolute Gasteiger partial charge is 0.507 e. The molecule has 1 aliphatic heterocycles. The summed E-state index contributed by atoms with van der Waals surface area (Å²) in [6.07, 6.45) is 0. The fourth-order valence-electron chi connectivity index (χ4n) is 4.18. The lowest BCUT2D eigenvalue weighted by atomic mass is 10.00. The summed E-state index contributed by atoms with van der Waals surface area (Å²) >= 11 is 15.3. The number of aliphatic hydroxyl groups excluding tert-OH is 1. The van der Waals surface area contributed by atoms with Gasteiger partial charge in [0.1, 0.15) is 11.8 Å². The second kappa shape index (κ2) is 9.52. The Morgan fingerprint density at radius 1 is 1.14 bits per heavy atom. The summed E-state index contributed by atoms with van der Waals surface area (Å²) in [5, 5.41) is 13.9. The Labute approximate surface area is 225 Å². The molecule has 1 fully saturated rings. The van der Waals surface area contributed by atoms with Gasteiger partial charge in [-0.05, 0) is 47.2 Å². The second-order valence-electron chi connectivity index (χ2n) is 8.54. The number of Topliss-reactive ketones (excluding diaryl/α,β-unsaturated/α-hetero) is 1. The summed E-state index contributed by atoms with van der Waals surface area (Å²) in [6.45, 7) is 4.21. The SMILES string of the molecule is COc1c(Cl)cc(/C(O)=C2\C(=O)C(=O)N(c3nc4ccc(C(C)C)cc4s3)C2c2cccs2)cc1Cl. The molecule has 1 aliphatic rings. The zero-order chi connectivity index (χ0) is 25.7. The number of ether oxygens (including phenoxy) is 1. The monoisotopic (exact) mass is 558 g/mol. The average molecular weight is 559 g/mol. The molecule has 1 unspecified atom stereocenters. The zero-order valence-corrected chi connectivity index (χ0v) is 22.6. The maximum Gasteiger partial charge on any atom is 0.301 e. The molecule has 10 heteroatoms. The van der Waals surface area contributed by atoms with Gasteiger partial charge in [0, 0.05) is 10.4 Å². The molecule has 4 aromatic rings. The van der Waals surface area contributed by atoms with E-state index in [9.17, 15) is 14.7 Å². The topological polar surface area (TPSA) is 79.7 Å². The van der Waals surface area contributed by atoms with Crippen molar-refractivity contribution in [1.29, 1.82) is 0 Å². The van der Waals surface area contributed by atoms with E-state index in [0.29, 0.717) is 15.9 Å². The first-order valence-corrected chi connectivity index (χ1v) is 13.4. The lowest BCUT2D eigenvalue weighted by molar-refractivity contribution is -0.132. The molecule has 1 saturated heterocycles. The van der Waals surface area contributed by atoms with Crippen molar-refractivity contribution in [3.8, 4) is 5.75 Å². The number of amides is 1. The Bertz CT molecular complexity index is 1520. The molecular formula is C26H20Cl2N2O4S2. The lowest BCUT2D eigenvalue weighted by Crippen LogP contribution is -2.28. The Hall–Kier alpha value is -2.91. The van der Waals surface area contributed by atoms with Crippen molar-refractivity contribution in [3.63, 3.8) is 0 Å². The van der Waals surface area contributed by atoms with E-state index in [1.807, 2.05) is 29.6 Å². The molecule has 5 rings (SSSR count). The number of rotatable bonds is 5. The van der Waals surface area contributed by atoms with Crippen molar-refractivity contribution in [3.05, 3.63) is 79.5 Å². The minimum absolute atomic E-state index is 0.0538. The van der Waals surface area contributed by atoms with Gasteiger partial charge in [-0.15, -0.1) is 11.3 Å². The van der Waals surface area contributed by atoms with Crippen molar-refractivity contribution in [2.75, 3.05) is 12.0 Å². The van der Waals surface area contributed by atoms with Gasteiger partial charge < -0.3 is 9.84 Å². The zero-order valence-electron chi connectivity index (χ0n) is 19.4. The number of ketones is 1. The molecule has 0 spiro atoms. The fraction of sp³-hybridized carbons (Fsp3) is 0.192. The van der Waals surface area contributed by atoms with E-state index in [0.717, 1.165) is 15.8 Å². The molecule has 1 N–H and O–H groups in total. The number of anilines is 1. The van der Waals surface area contributed by atoms with Crippen LogP contribution in [-0.2, 0) is 9.59 Å². The van der Waals surface area contributed by atoms with E-state index in [1.54, 1.807) is 0 Å². The quantitative estimate of drug-likeness (QED) is 0.156. The van der Waals surface area contributed by atoms with Crippen LogP contribution in [0, 0.1) is 0 Å². The van der Waals surface area contributed by atoms with Crippen molar-refractivity contribution in [2.24, 2.45) is 0 Å². The molecule has 0 radical (unpaired) electrons. The Kier molecular flexibility index (Phi) is 6.55. The van der Waals surface area contributed by atoms with Crippen molar-refractivity contribution < 1.29 is 19.4 Å². The number of aliphatic hydroxyl groups is 1. The highest BCUT2D eigenvalue weighted by Crippen LogP contribution is 2.46. The van der Waals surface area contributed by atoms with E-state index in [4.69, 9.17) is 27.9 Å². The molecule has 0 aliphatic carbocycles. The van der Waals surface area contributed by atoms with Gasteiger partial charge in [0.25, 0.3) is 5.78 Å². The number of benzene rings is 2. The molecule has 3 heterocycles. The summed E-state index contributed by atoms with van der Waals surface area (Å²) in [7, 11) is 1.43. The Morgan fingerprint density at radius 3 is 2.47 bits per heavy atom. The number of thiazole rings is 1. The molecule has 1 atom stereocenters. The van der Waals surface area contributed by atoms with Crippen LogP contribution in [0.5, 0.6) is 5.75 Å². The number of halogens is 2. The summed E-state index contributed by atoms with van der Waals surface area (Å²) in [4.78, 5) is 33.5. The standard InChI is InChI=1S/C26H20Cl2N2O4S2/c1-12(2)13-6-7-17-19(11-13)36-26(29-17)30-21(18-5-4-8-35-18)20(23(32)25(30)33)22(31)14-9-15(27)24(34-3)16(28)10-14/h4-12,21,31H,1-3H3/b22-20+. The molecule has 36 heavy (non-hydrogen) atoms. The molecule has 184 valence electrons. The van der Waals surface area contributed by atoms with Gasteiger partial charge in [-0.1, -0.05) is 60.5 Å². The summed E-state index contributed by atoms with van der Waals surface area (Å²) < 4.78 is 6.10. The van der Waals surface area contributed by atoms with Crippen molar-refractivity contribution in [1.82, 2.24) is 4.98 Å². The third kappa shape index (κ3) is 4.08. The van der Waals surface area contributed by atoms with Crippen LogP contribution < -0.4 is 9.64 Å². The number of carbonyl (C=O) groups excluding carboxylic acids is 2. The van der Waals surface area contributed by atoms with Gasteiger partial charge in [-0.2, -0.15) is 0 Å². The van der Waals surface area contributed by atoms with Crippen molar-refractivity contribution in [2.45, 2.75) is 25.8 Å². The number of carbonyl (C=O) groups is 2. The first kappa shape index (κ1) is 24.8. The normalized spacial score (nSPS) is 17.5. The summed E-state index contributed by atoms with van der Waals surface area (Å²) in [5.74, 6) is -1.35. The fourth-order valence-corrected chi connectivity index (χ4v) is 6.69. The number of hydrogen-bond acceptors (Lipinski definition) is 7. The van der Waals surface area contributed by atoms with Gasteiger partial charge in [-0.25, -0.2) is 4.98 Å². The number of nitrogens with zero attached hydrogens (tertiary/aromatic N) is 2. The number of thiophene rings is 1. The molecule has 2 aromatic carbocycles. The molecule has 0 bridgehead atoms. The first-order chi connectivity index (χ1) is 17.2. The molecular weight excluding hydrogens is 539 g/mol. The predicted octanol–water partition coefficient (Wildman–Crippen LogP) is 7.42. The maximum absolute atomic E-state index is 13.4. The van der Waals surface area contributed by atoms with Crippen LogP contribution in [0.1, 0.15) is 41.8 Å². The van der Waals surface area contributed by atoms with Gasteiger partial charge in [0.15, 0.2) is 10.9 Å². The minimum Gasteiger partial charge on any atom is -0.507 e. The van der Waals surface area contributed by atoms with Gasteiger partial charge in [0.2, 0.25) is 0 Å². The van der Waals surface area contributed by atoms with Crippen LogP contribution in [-0.4, -0.2) is 28.9 Å². The Balaban J connectivity index is 1.69. The van der Waals surface area contributed by atoms with Gasteiger partial charge in [-0.3, -0.25) is 14.5 Å². The second-order valence-corrected chi connectivity index (χ2v) is 11.3. The van der Waals surface area contributed by atoms with Crippen LogP contribution in [0.2, 0.25) is 10.0 Å². The third-order valence-electron chi connectivity index (χ3n) is 6.01. The maximum atomic E-state index is 13.4. The van der Waals surface area contributed by atoms with Crippen LogP contribution in [0.25, 0.3) is 16.0 Å². The number of aromatic nitrogens is 1. The number of fused-ring (bicyclic) bond motifs is 1. The first-order valence-electron chi connectivity index (χ1n) is 11.0. The van der Waals surface area contributed by atoms with E-state index in [1.165, 1.54) is 46.8 Å². The van der Waals surface area contributed by atoms with Crippen LogP contribution in [0.15, 0.2) is 53.4 Å². The van der Waals surface area contributed by atoms with E-state index in [2.05, 4.69) is 24.9 Å². The van der Waals surface area contributed by atoms with Gasteiger partial charge >= 0.3 is 5.91 Å². The third-order valence-corrected chi connectivity index (χ3v) is 8.51. The smallest absolute Gasteiger partial charge is 0.301 e. The molecule has 6 nitrogen and oxygen atoms in total. The van der Waals surface area contributed by atoms with Crippen molar-refractivity contribution >= 4 is 78.7 Å². The lowest BCUT2D eigenvalue weighted by Gasteiger charge is -2.21. The summed E-state index contributed by atoms with van der Waals surface area (Å²) in [6, 6.07) is 11.7. The van der Waals surface area contributed by atoms with Crippen LogP contribution in [0.4, 0.5) is 5.13 Å². The predicted molar refractivity (Wildman–Crippen MR) is 146 cm³/mol. The number of hydrogen-bond donors (Lipinski definition) is 1. The molecule has 2 aromatic heterocycles. The average Bonchev–Trinajstić information content (AvgIpc) is 3.56. The van der Waals surface area contributed by atoms with E-state index in [-0.39, 0.29) is 32.7 Å². The van der Waals surface area contributed by atoms with Crippen LogP contribution in [0.3, 0.4) is 0 Å². The highest BCUT2D eigenvalue weighted by atomic mass is 35.5. The minimum atomic E-state index is -0.852. The van der Waals surface area contributed by atoms with E-state index >= 15 is 0 Å². The highest BCUT2D eigenvalue weighted by molar-refractivity contribution is 7.22. The number of methoxy groups -OCH3 is 1. The van der Waals surface area contributed by atoms with Crippen LogP contribution >= 0.6 is 45.9 Å². The summed E-state index contributed by atoms with van der Waals surface area (Å²) in [5.41, 5.74) is 2.04. The van der Waals surface area contributed by atoms with Gasteiger partial charge in [0.05, 0.1) is 32.9 Å². The molecule has 0 saturated carbocycles. The highest BCUT2D eigenvalue weighted by Gasteiger charge is 2.48. The van der Waals surface area contributed by atoms with E-state index < -0.39 is 17.7 Å². The Morgan fingerprint density at radius 2 is 1.86 bits per heavy atom.